The first-order valence-electron chi connectivity index (χ1n) is 13.4. The number of nitrogens with one attached hydrogen (secondary N) is 4. The maximum Gasteiger partial charge on any atom is 0.280 e. The topological polar surface area (TPSA) is 134 Å². The van der Waals surface area contributed by atoms with E-state index in [1.807, 2.05) is 30.3 Å². The fourth-order valence-corrected chi connectivity index (χ4v) is 5.56. The Bertz CT molecular complexity index is 1230. The Hall–Kier alpha value is -3.37. The van der Waals surface area contributed by atoms with Gasteiger partial charge in [-0.3, -0.25) is 9.52 Å². The number of para-hydroxylation sites is 1. The summed E-state index contributed by atoms with van der Waals surface area (Å²) in [5, 5.41) is 30.4. The zero-order valence-corrected chi connectivity index (χ0v) is 23.7. The lowest BCUT2D eigenvalue weighted by atomic mass is 9.79. The second-order valence-electron chi connectivity index (χ2n) is 10.2. The molecule has 1 aliphatic carbocycles. The third kappa shape index (κ3) is 6.99. The molecule has 2 heterocycles. The lowest BCUT2D eigenvalue weighted by Crippen LogP contribution is -2.37. The fourth-order valence-electron chi connectivity index (χ4n) is 4.96. The molecule has 9 nitrogen and oxygen atoms in total. The number of ether oxygens (including phenoxy) is 1. The molecule has 2 aromatic rings. The molecule has 0 bridgehead atoms. The van der Waals surface area contributed by atoms with Crippen LogP contribution in [0.2, 0.25) is 0 Å². The number of carbonyl (C=O) groups excluding carboxylic acids is 1. The number of aliphatic hydroxyl groups excluding tert-OH is 1. The number of carbonyl (C=O) groups is 1. The van der Waals surface area contributed by atoms with Crippen LogP contribution in [0.5, 0.6) is 0 Å². The normalized spacial score (nSPS) is 16.7. The average molecular weight is 551 g/mol. The monoisotopic (exact) mass is 550 g/mol. The molecule has 0 radical (unpaired) electrons. The first-order chi connectivity index (χ1) is 18.8. The van der Waals surface area contributed by atoms with E-state index in [0.29, 0.717) is 17.4 Å². The van der Waals surface area contributed by atoms with E-state index in [0.717, 1.165) is 80.7 Å². The van der Waals surface area contributed by atoms with Crippen molar-refractivity contribution in [3.63, 3.8) is 0 Å². The van der Waals surface area contributed by atoms with Crippen LogP contribution < -0.4 is 14.9 Å². The molecule has 1 amide bonds. The van der Waals surface area contributed by atoms with Crippen molar-refractivity contribution < 1.29 is 14.6 Å². The smallest absolute Gasteiger partial charge is 0.280 e. The zero-order valence-electron chi connectivity index (χ0n) is 22.8. The summed E-state index contributed by atoms with van der Waals surface area (Å²) in [6.07, 6.45) is 5.01. The number of hydrogen-bond donors (Lipinski definition) is 5. The molecule has 0 spiro atoms. The number of allylic oxidation sites excluding steroid dienone is 2. The van der Waals surface area contributed by atoms with E-state index in [2.05, 4.69) is 14.9 Å². The van der Waals surface area contributed by atoms with Gasteiger partial charge in [0.15, 0.2) is 0 Å². The van der Waals surface area contributed by atoms with Gasteiger partial charge in [0, 0.05) is 49.8 Å². The molecule has 0 atom stereocenters. The maximum absolute atomic E-state index is 13.4. The second-order valence-corrected chi connectivity index (χ2v) is 11.1. The summed E-state index contributed by atoms with van der Waals surface area (Å²) in [6.45, 7) is 5.37. The lowest BCUT2D eigenvalue weighted by Gasteiger charge is -2.36. The Morgan fingerprint density at radius 1 is 1.15 bits per heavy atom. The summed E-state index contributed by atoms with van der Waals surface area (Å²) < 4.78 is 8.13. The van der Waals surface area contributed by atoms with Crippen molar-refractivity contribution in [3.8, 4) is 0 Å². The highest BCUT2D eigenvalue weighted by Crippen LogP contribution is 2.38. The summed E-state index contributed by atoms with van der Waals surface area (Å²) in [4.78, 5) is 20.7. The first-order valence-corrected chi connectivity index (χ1v) is 14.2. The first kappa shape index (κ1) is 28.6. The van der Waals surface area contributed by atoms with Gasteiger partial charge < -0.3 is 30.9 Å². The lowest BCUT2D eigenvalue weighted by molar-refractivity contribution is 0.0980. The Balaban J connectivity index is 1.75. The minimum Gasteiger partial charge on any atom is -0.511 e. The van der Waals surface area contributed by atoms with Gasteiger partial charge in [-0.15, -0.1) is 0 Å². The number of pyridine rings is 1. The maximum atomic E-state index is 13.4. The van der Waals surface area contributed by atoms with Crippen molar-refractivity contribution in [2.75, 3.05) is 37.0 Å². The largest absolute Gasteiger partial charge is 0.511 e. The quantitative estimate of drug-likeness (QED) is 0.130. The fraction of sp³-hybridized carbons (Fsp3) is 0.448. The number of aliphatic hydroxyl groups is 1. The number of amides is 1. The minimum atomic E-state index is -0.437. The zero-order chi connectivity index (χ0) is 27.9. The molecule has 208 valence electrons. The van der Waals surface area contributed by atoms with Crippen LogP contribution in [-0.4, -0.2) is 54.2 Å². The molecule has 2 aliphatic rings. The summed E-state index contributed by atoms with van der Waals surface area (Å²) in [5.41, 5.74) is 3.33. The van der Waals surface area contributed by atoms with Crippen molar-refractivity contribution in [1.82, 2.24) is 9.71 Å². The Morgan fingerprint density at radius 3 is 2.41 bits per heavy atom. The third-order valence-corrected chi connectivity index (χ3v) is 8.42. The predicted octanol–water partition coefficient (Wildman–Crippen LogP) is 6.06. The average Bonchev–Trinajstić information content (AvgIpc) is 2.88. The molecule has 1 saturated carbocycles. The molecule has 1 aliphatic heterocycles. The van der Waals surface area contributed by atoms with Crippen molar-refractivity contribution in [2.24, 2.45) is 11.8 Å². The molecule has 0 unspecified atom stereocenters. The number of anilines is 3. The summed E-state index contributed by atoms with van der Waals surface area (Å²) in [5.74, 6) is 0.686. The van der Waals surface area contributed by atoms with E-state index >= 15 is 0 Å². The Morgan fingerprint density at radius 2 is 1.85 bits per heavy atom. The second kappa shape index (κ2) is 13.1. The molecule has 1 aromatic carbocycles. The van der Waals surface area contributed by atoms with E-state index in [1.165, 1.54) is 6.92 Å². The van der Waals surface area contributed by atoms with E-state index < -0.39 is 5.91 Å². The third-order valence-electron chi connectivity index (χ3n) is 7.32. The van der Waals surface area contributed by atoms with E-state index in [-0.39, 0.29) is 28.0 Å². The Kier molecular flexibility index (Phi) is 9.63. The van der Waals surface area contributed by atoms with Crippen LogP contribution >= 0.6 is 11.9 Å². The molecular weight excluding hydrogens is 512 g/mol. The van der Waals surface area contributed by atoms with Crippen molar-refractivity contribution in [3.05, 3.63) is 58.3 Å². The molecule has 1 aromatic heterocycles. The van der Waals surface area contributed by atoms with Crippen LogP contribution in [0.3, 0.4) is 0 Å². The number of nitrogens with zero attached hydrogens (tertiary/aromatic N) is 2. The van der Waals surface area contributed by atoms with E-state index in [4.69, 9.17) is 15.1 Å². The molecule has 4 rings (SSSR count). The van der Waals surface area contributed by atoms with Crippen LogP contribution in [0, 0.1) is 22.7 Å². The summed E-state index contributed by atoms with van der Waals surface area (Å²) in [7, 11) is 1.73. The SMILES string of the molecule is COCC1CCN(c2cc(C(=O)NS/C(C(C)=N)=C(\C)O)nc(Nc3ccccc3)c2C(=N)C2CCC2)CC1. The van der Waals surface area contributed by atoms with Gasteiger partial charge in [-0.05, 0) is 75.6 Å². The van der Waals surface area contributed by atoms with Gasteiger partial charge in [0.25, 0.3) is 5.91 Å². The van der Waals surface area contributed by atoms with E-state index in [1.54, 1.807) is 20.1 Å². The predicted molar refractivity (Wildman–Crippen MR) is 159 cm³/mol. The van der Waals surface area contributed by atoms with Crippen LogP contribution in [0.4, 0.5) is 17.2 Å². The number of aromatic nitrogens is 1. The number of methoxy groups -OCH3 is 1. The van der Waals surface area contributed by atoms with Gasteiger partial charge in [-0.1, -0.05) is 24.6 Å². The van der Waals surface area contributed by atoms with Gasteiger partial charge in [-0.2, -0.15) is 0 Å². The summed E-state index contributed by atoms with van der Waals surface area (Å²) in [6, 6.07) is 11.5. The highest BCUT2D eigenvalue weighted by atomic mass is 32.2. The summed E-state index contributed by atoms with van der Waals surface area (Å²) >= 11 is 0.901. The van der Waals surface area contributed by atoms with Gasteiger partial charge in [0.2, 0.25) is 0 Å². The van der Waals surface area contributed by atoms with Gasteiger partial charge in [-0.25, -0.2) is 4.98 Å². The van der Waals surface area contributed by atoms with Gasteiger partial charge in [0.1, 0.15) is 17.3 Å². The van der Waals surface area contributed by atoms with Crippen molar-refractivity contribution in [2.45, 2.75) is 46.0 Å². The number of rotatable bonds is 11. The highest BCUT2D eigenvalue weighted by molar-refractivity contribution is 8.02. The number of hydrogen-bond acceptors (Lipinski definition) is 9. The molecular formula is C29H38N6O3S. The number of piperidine rings is 1. The molecule has 1 saturated heterocycles. The van der Waals surface area contributed by atoms with Crippen LogP contribution in [-0.2, 0) is 4.74 Å². The van der Waals surface area contributed by atoms with Crippen LogP contribution in [0.1, 0.15) is 62.0 Å². The Labute approximate surface area is 234 Å². The molecule has 10 heteroatoms. The van der Waals surface area contributed by atoms with Crippen LogP contribution in [0.15, 0.2) is 47.1 Å². The van der Waals surface area contributed by atoms with Crippen LogP contribution in [0.25, 0.3) is 0 Å². The highest BCUT2D eigenvalue weighted by Gasteiger charge is 2.31. The standard InChI is InChI=1S/C29H38N6O3S/c1-18(30)27(19(2)36)39-34-29(37)23-16-24(35-14-12-20(13-15-35)17-38-3)25(26(31)21-8-7-9-21)28(33-23)32-22-10-5-4-6-11-22/h4-6,10-11,16,20-21,30-31,36H,7-9,12-15,17H2,1-3H3,(H,32,33)(H,34,37)/b27-19+,30-18?,31-26?. The van der Waals surface area contributed by atoms with Gasteiger partial charge >= 0.3 is 0 Å². The molecule has 2 fully saturated rings. The van der Waals surface area contributed by atoms with Crippen molar-refractivity contribution >= 4 is 46.5 Å². The number of benzene rings is 1. The van der Waals surface area contributed by atoms with Gasteiger partial charge in [0.05, 0.1) is 16.2 Å². The minimum absolute atomic E-state index is 0.0314. The molecule has 39 heavy (non-hydrogen) atoms. The van der Waals surface area contributed by atoms with Crippen molar-refractivity contribution in [1.29, 1.82) is 10.8 Å². The molecule has 5 N–H and O–H groups in total. The van der Waals surface area contributed by atoms with E-state index in [9.17, 15) is 15.3 Å².